The Kier molecular flexibility index (Phi) is 7.87. The van der Waals surface area contributed by atoms with E-state index in [2.05, 4.69) is 27.7 Å². The number of aromatic nitrogens is 2. The maximum absolute atomic E-state index is 13.7. The van der Waals surface area contributed by atoms with Crippen LogP contribution in [-0.4, -0.2) is 27.4 Å². The maximum atomic E-state index is 13.7. The summed E-state index contributed by atoms with van der Waals surface area (Å²) in [4.78, 5) is 33.7. The number of hydrogen-bond acceptors (Lipinski definition) is 3. The van der Waals surface area contributed by atoms with Crippen molar-refractivity contribution in [1.82, 2.24) is 14.5 Å². The smallest absolute Gasteiger partial charge is 0.266 e. The largest absolute Gasteiger partial charge is 0.336 e. The highest BCUT2D eigenvalue weighted by Gasteiger charge is 2.28. The van der Waals surface area contributed by atoms with Crippen LogP contribution in [0.2, 0.25) is 5.02 Å². The van der Waals surface area contributed by atoms with Gasteiger partial charge in [0.25, 0.3) is 5.56 Å². The highest BCUT2D eigenvalue weighted by Crippen LogP contribution is 2.30. The minimum absolute atomic E-state index is 0.0605. The predicted molar refractivity (Wildman–Crippen MR) is 141 cm³/mol. The van der Waals surface area contributed by atoms with Gasteiger partial charge >= 0.3 is 0 Å². The molecule has 0 aliphatic rings. The molecule has 0 saturated carbocycles. The zero-order chi connectivity index (χ0) is 25.2. The van der Waals surface area contributed by atoms with E-state index in [1.165, 1.54) is 0 Å². The summed E-state index contributed by atoms with van der Waals surface area (Å²) in [5.74, 6) is 0.888. The fourth-order valence-corrected chi connectivity index (χ4v) is 5.07. The molecule has 0 saturated heterocycles. The quantitative estimate of drug-likeness (QED) is 0.376. The van der Waals surface area contributed by atoms with Crippen LogP contribution < -0.4 is 5.56 Å². The van der Waals surface area contributed by atoms with Gasteiger partial charge in [-0.05, 0) is 67.0 Å². The third-order valence-electron chi connectivity index (χ3n) is 6.23. The standard InChI is InChI=1S/C28H36ClN3O2/c1-8-23(31(7)25(33)15-18(2)17-28(4,5)6)26-30-22-12-10-9-11-21(22)27(34)32(26)24-14-13-20(29)16-19(24)3/h9-14,16,18,23H,8,15,17H2,1-7H3. The van der Waals surface area contributed by atoms with Crippen LogP contribution in [0, 0.1) is 18.3 Å². The lowest BCUT2D eigenvalue weighted by atomic mass is 9.84. The third-order valence-corrected chi connectivity index (χ3v) is 6.47. The van der Waals surface area contributed by atoms with Crippen molar-refractivity contribution in [3.05, 3.63) is 69.2 Å². The summed E-state index contributed by atoms with van der Waals surface area (Å²) in [6.07, 6.45) is 2.06. The molecule has 0 spiro atoms. The Labute approximate surface area is 207 Å². The van der Waals surface area contributed by atoms with Gasteiger partial charge in [0.15, 0.2) is 0 Å². The highest BCUT2D eigenvalue weighted by molar-refractivity contribution is 6.30. The number of aryl methyl sites for hydroxylation is 1. The van der Waals surface area contributed by atoms with E-state index in [-0.39, 0.29) is 28.8 Å². The van der Waals surface area contributed by atoms with Gasteiger partial charge in [-0.25, -0.2) is 4.98 Å². The molecule has 2 unspecified atom stereocenters. The van der Waals surface area contributed by atoms with E-state index < -0.39 is 0 Å². The lowest BCUT2D eigenvalue weighted by Gasteiger charge is -2.31. The number of rotatable bonds is 7. The Morgan fingerprint density at radius 1 is 1.18 bits per heavy atom. The van der Waals surface area contributed by atoms with Gasteiger partial charge in [-0.1, -0.05) is 58.4 Å². The molecule has 2 aromatic carbocycles. The van der Waals surface area contributed by atoms with Crippen molar-refractivity contribution in [2.24, 2.45) is 11.3 Å². The van der Waals surface area contributed by atoms with Crippen molar-refractivity contribution in [3.63, 3.8) is 0 Å². The molecule has 1 aromatic heterocycles. The van der Waals surface area contributed by atoms with Crippen LogP contribution >= 0.6 is 11.6 Å². The fraction of sp³-hybridized carbons (Fsp3) is 0.464. The Hall–Kier alpha value is -2.66. The summed E-state index contributed by atoms with van der Waals surface area (Å²) >= 11 is 6.20. The van der Waals surface area contributed by atoms with E-state index in [0.717, 1.165) is 17.7 Å². The minimum atomic E-state index is -0.346. The topological polar surface area (TPSA) is 55.2 Å². The van der Waals surface area contributed by atoms with Crippen molar-refractivity contribution in [1.29, 1.82) is 0 Å². The van der Waals surface area contributed by atoms with E-state index in [4.69, 9.17) is 16.6 Å². The molecular formula is C28H36ClN3O2. The van der Waals surface area contributed by atoms with E-state index in [9.17, 15) is 9.59 Å². The van der Waals surface area contributed by atoms with Gasteiger partial charge < -0.3 is 4.90 Å². The van der Waals surface area contributed by atoms with Crippen molar-refractivity contribution in [3.8, 4) is 5.69 Å². The van der Waals surface area contributed by atoms with Crippen molar-refractivity contribution in [2.45, 2.75) is 66.8 Å². The van der Waals surface area contributed by atoms with E-state index in [1.807, 2.05) is 51.2 Å². The van der Waals surface area contributed by atoms with E-state index in [1.54, 1.807) is 21.6 Å². The molecule has 0 radical (unpaired) electrons. The summed E-state index contributed by atoms with van der Waals surface area (Å²) in [5, 5.41) is 1.15. The Bertz CT molecular complexity index is 1240. The molecule has 3 aromatic rings. The number of fused-ring (bicyclic) bond motifs is 1. The van der Waals surface area contributed by atoms with Gasteiger partial charge in [-0.2, -0.15) is 0 Å². The Balaban J connectivity index is 2.12. The summed E-state index contributed by atoms with van der Waals surface area (Å²) in [7, 11) is 1.82. The molecule has 34 heavy (non-hydrogen) atoms. The van der Waals surface area contributed by atoms with Crippen LogP contribution in [0.15, 0.2) is 47.3 Å². The first kappa shape index (κ1) is 26.0. The fourth-order valence-electron chi connectivity index (χ4n) is 4.84. The normalized spacial score (nSPS) is 13.6. The van der Waals surface area contributed by atoms with Crippen molar-refractivity contribution in [2.75, 3.05) is 7.05 Å². The number of para-hydroxylation sites is 1. The lowest BCUT2D eigenvalue weighted by Crippen LogP contribution is -2.37. The highest BCUT2D eigenvalue weighted by atomic mass is 35.5. The number of benzene rings is 2. The lowest BCUT2D eigenvalue weighted by molar-refractivity contribution is -0.133. The number of amides is 1. The van der Waals surface area contributed by atoms with Crippen LogP contribution in [0.4, 0.5) is 0 Å². The van der Waals surface area contributed by atoms with Crippen LogP contribution in [0.3, 0.4) is 0 Å². The molecule has 0 N–H and O–H groups in total. The van der Waals surface area contributed by atoms with Crippen molar-refractivity contribution >= 4 is 28.4 Å². The minimum Gasteiger partial charge on any atom is -0.336 e. The van der Waals surface area contributed by atoms with Gasteiger partial charge in [-0.15, -0.1) is 0 Å². The number of nitrogens with zero attached hydrogens (tertiary/aromatic N) is 3. The Morgan fingerprint density at radius 3 is 2.47 bits per heavy atom. The van der Waals surface area contributed by atoms with E-state index >= 15 is 0 Å². The second kappa shape index (κ2) is 10.3. The molecular weight excluding hydrogens is 446 g/mol. The van der Waals surface area contributed by atoms with Crippen LogP contribution in [-0.2, 0) is 4.79 Å². The summed E-state index contributed by atoms with van der Waals surface area (Å²) in [6, 6.07) is 12.5. The molecule has 1 heterocycles. The van der Waals surface area contributed by atoms with Crippen molar-refractivity contribution < 1.29 is 4.79 Å². The molecule has 5 nitrogen and oxygen atoms in total. The first-order chi connectivity index (χ1) is 15.9. The molecule has 182 valence electrons. The summed E-state index contributed by atoms with van der Waals surface area (Å²) < 4.78 is 1.66. The van der Waals surface area contributed by atoms with Gasteiger partial charge in [-0.3, -0.25) is 14.2 Å². The molecule has 3 rings (SSSR count). The first-order valence-electron chi connectivity index (χ1n) is 12.0. The van der Waals surface area contributed by atoms with Crippen LogP contribution in [0.1, 0.15) is 71.3 Å². The number of carbonyl (C=O) groups is 1. The SMILES string of the molecule is CCC(c1nc2ccccc2c(=O)n1-c1ccc(Cl)cc1C)N(C)C(=O)CC(C)CC(C)(C)C. The molecule has 0 aliphatic heterocycles. The number of halogens is 1. The number of carbonyl (C=O) groups excluding carboxylic acids is 1. The third kappa shape index (κ3) is 5.69. The zero-order valence-corrected chi connectivity index (χ0v) is 22.1. The van der Waals surface area contributed by atoms with E-state index in [0.29, 0.717) is 34.6 Å². The van der Waals surface area contributed by atoms with Gasteiger partial charge in [0.1, 0.15) is 5.82 Å². The zero-order valence-electron chi connectivity index (χ0n) is 21.4. The monoisotopic (exact) mass is 481 g/mol. The molecule has 6 heteroatoms. The molecule has 0 aliphatic carbocycles. The second-order valence-corrected chi connectivity index (χ2v) is 11.0. The predicted octanol–water partition coefficient (Wildman–Crippen LogP) is 6.72. The summed E-state index contributed by atoms with van der Waals surface area (Å²) in [6.45, 7) is 12.7. The first-order valence-corrected chi connectivity index (χ1v) is 12.3. The molecule has 1 amide bonds. The molecule has 2 atom stereocenters. The Morgan fingerprint density at radius 2 is 1.85 bits per heavy atom. The average molecular weight is 482 g/mol. The molecule has 0 bridgehead atoms. The van der Waals surface area contributed by atoms with Crippen LogP contribution in [0.25, 0.3) is 16.6 Å². The van der Waals surface area contributed by atoms with Gasteiger partial charge in [0.2, 0.25) is 5.91 Å². The average Bonchev–Trinajstić information content (AvgIpc) is 2.74. The summed E-state index contributed by atoms with van der Waals surface area (Å²) in [5.41, 5.74) is 2.24. The van der Waals surface area contributed by atoms with Gasteiger partial charge in [0.05, 0.1) is 22.6 Å². The molecule has 0 fully saturated rings. The maximum Gasteiger partial charge on any atom is 0.266 e. The number of hydrogen-bond donors (Lipinski definition) is 0. The second-order valence-electron chi connectivity index (χ2n) is 10.6. The van der Waals surface area contributed by atoms with Crippen LogP contribution in [0.5, 0.6) is 0 Å². The van der Waals surface area contributed by atoms with Gasteiger partial charge in [0, 0.05) is 18.5 Å².